The molecule has 1 aromatic carbocycles. The smallest absolute Gasteiger partial charge is 0.257 e. The molecule has 8 heteroatoms. The lowest BCUT2D eigenvalue weighted by Crippen LogP contribution is -2.43. The van der Waals surface area contributed by atoms with Crippen LogP contribution in [0.15, 0.2) is 18.2 Å². The summed E-state index contributed by atoms with van der Waals surface area (Å²) in [6.45, 7) is 10.2. The topological polar surface area (TPSA) is 104 Å². The fourth-order valence-corrected chi connectivity index (χ4v) is 3.47. The number of aromatic nitrogens is 1. The molecule has 0 aliphatic heterocycles. The van der Waals surface area contributed by atoms with E-state index in [9.17, 15) is 24.2 Å². The monoisotopic (exact) mass is 419 g/mol. The van der Waals surface area contributed by atoms with Gasteiger partial charge in [0, 0.05) is 23.5 Å². The predicted molar refractivity (Wildman–Crippen MR) is 113 cm³/mol. The van der Waals surface area contributed by atoms with Crippen molar-refractivity contribution in [3.63, 3.8) is 0 Å². The molecule has 0 saturated heterocycles. The van der Waals surface area contributed by atoms with E-state index < -0.39 is 23.5 Å². The lowest BCUT2D eigenvalue weighted by molar-refractivity contribution is -0.131. The molecule has 7 nitrogen and oxygen atoms in total. The number of hydrogen-bond donors (Lipinski definition) is 4. The molecule has 0 saturated carbocycles. The third kappa shape index (κ3) is 5.06. The Kier molecular flexibility index (Phi) is 7.05. The Bertz CT molecular complexity index is 960. The molecule has 0 spiro atoms. The van der Waals surface area contributed by atoms with Crippen LogP contribution in [0.5, 0.6) is 0 Å². The Morgan fingerprint density at radius 1 is 1.20 bits per heavy atom. The summed E-state index contributed by atoms with van der Waals surface area (Å²) in [5, 5.41) is 25.7. The maximum absolute atomic E-state index is 13.5. The summed E-state index contributed by atoms with van der Waals surface area (Å²) < 4.78 is 15.1. The molecule has 1 aromatic heterocycles. The lowest BCUT2D eigenvalue weighted by atomic mass is 10.0. The number of aryl methyl sites for hydroxylation is 1. The molecular weight excluding hydrogens is 389 g/mol. The number of anilines is 1. The maximum atomic E-state index is 13.5. The largest absolute Gasteiger partial charge is 0.395 e. The zero-order chi connectivity index (χ0) is 22.8. The minimum atomic E-state index is -1.51. The van der Waals surface area contributed by atoms with E-state index in [2.05, 4.69) is 10.6 Å². The minimum absolute atomic E-state index is 0.116. The van der Waals surface area contributed by atoms with E-state index in [0.29, 0.717) is 28.1 Å². The molecule has 2 rings (SSSR count). The second-order valence-corrected chi connectivity index (χ2v) is 8.41. The normalized spacial score (nSPS) is 12.6. The van der Waals surface area contributed by atoms with Crippen molar-refractivity contribution < 1.29 is 24.2 Å². The Hall–Kier alpha value is -2.71. The first-order valence-corrected chi connectivity index (χ1v) is 9.75. The fraction of sp³-hybridized carbons (Fsp3) is 0.455. The third-order valence-corrected chi connectivity index (χ3v) is 4.79. The number of nitrogens with zero attached hydrogens (tertiary/aromatic N) is 1. The molecule has 0 aliphatic carbocycles. The molecule has 1 heterocycles. The van der Waals surface area contributed by atoms with E-state index in [1.165, 1.54) is 18.2 Å². The Balaban J connectivity index is 2.45. The first kappa shape index (κ1) is 23.6. The fourth-order valence-electron chi connectivity index (χ4n) is 3.47. The SMILES string of the molecule is Cc1cc(NC(=O)c2c(C)c(C(O)C(=O)NC(C)(C)C)n(CCO)c2C)ccc1F. The predicted octanol–water partition coefficient (Wildman–Crippen LogP) is 2.75. The number of aliphatic hydroxyl groups excluding tert-OH is 2. The summed E-state index contributed by atoms with van der Waals surface area (Å²) >= 11 is 0. The highest BCUT2D eigenvalue weighted by atomic mass is 19.1. The van der Waals surface area contributed by atoms with Gasteiger partial charge in [-0.15, -0.1) is 0 Å². The molecule has 30 heavy (non-hydrogen) atoms. The van der Waals surface area contributed by atoms with Gasteiger partial charge in [-0.05, 0) is 70.9 Å². The number of benzene rings is 1. The quantitative estimate of drug-likeness (QED) is 0.578. The van der Waals surface area contributed by atoms with Crippen LogP contribution in [0.2, 0.25) is 0 Å². The average Bonchev–Trinajstić information content (AvgIpc) is 2.86. The number of carbonyl (C=O) groups is 2. The van der Waals surface area contributed by atoms with Crippen molar-refractivity contribution in [3.05, 3.63) is 52.1 Å². The van der Waals surface area contributed by atoms with Crippen LogP contribution in [0, 0.1) is 26.6 Å². The van der Waals surface area contributed by atoms with Gasteiger partial charge in [-0.2, -0.15) is 0 Å². The van der Waals surface area contributed by atoms with E-state index in [-0.39, 0.29) is 24.7 Å². The van der Waals surface area contributed by atoms with Crippen LogP contribution < -0.4 is 10.6 Å². The number of hydrogen-bond acceptors (Lipinski definition) is 4. The Morgan fingerprint density at radius 2 is 1.83 bits per heavy atom. The van der Waals surface area contributed by atoms with Crippen molar-refractivity contribution in [3.8, 4) is 0 Å². The number of nitrogens with one attached hydrogen (secondary N) is 2. The van der Waals surface area contributed by atoms with Crippen LogP contribution in [-0.2, 0) is 11.3 Å². The van der Waals surface area contributed by atoms with Gasteiger partial charge in [0.15, 0.2) is 6.10 Å². The van der Waals surface area contributed by atoms with Crippen molar-refractivity contribution in [2.75, 3.05) is 11.9 Å². The van der Waals surface area contributed by atoms with Crippen molar-refractivity contribution in [1.29, 1.82) is 0 Å². The van der Waals surface area contributed by atoms with Crippen LogP contribution in [0.25, 0.3) is 0 Å². The van der Waals surface area contributed by atoms with E-state index >= 15 is 0 Å². The molecule has 1 atom stereocenters. The first-order valence-electron chi connectivity index (χ1n) is 9.75. The van der Waals surface area contributed by atoms with Crippen molar-refractivity contribution in [2.24, 2.45) is 0 Å². The molecule has 2 aromatic rings. The van der Waals surface area contributed by atoms with Crippen molar-refractivity contribution in [2.45, 2.75) is 59.7 Å². The molecule has 4 N–H and O–H groups in total. The number of amides is 2. The van der Waals surface area contributed by atoms with Gasteiger partial charge in [0.05, 0.1) is 17.9 Å². The Labute approximate surface area is 175 Å². The summed E-state index contributed by atoms with van der Waals surface area (Å²) in [5.41, 5.74) is 1.78. The van der Waals surface area contributed by atoms with Gasteiger partial charge in [0.2, 0.25) is 0 Å². The molecule has 0 fully saturated rings. The van der Waals surface area contributed by atoms with Crippen LogP contribution >= 0.6 is 0 Å². The van der Waals surface area contributed by atoms with E-state index in [1.807, 2.05) is 0 Å². The van der Waals surface area contributed by atoms with E-state index in [4.69, 9.17) is 0 Å². The third-order valence-electron chi connectivity index (χ3n) is 4.79. The van der Waals surface area contributed by atoms with Crippen LogP contribution in [-0.4, -0.2) is 38.7 Å². The summed E-state index contributed by atoms with van der Waals surface area (Å²) in [7, 11) is 0. The molecule has 2 amide bonds. The first-order chi connectivity index (χ1) is 13.9. The summed E-state index contributed by atoms with van der Waals surface area (Å²) in [4.78, 5) is 25.5. The number of aliphatic hydroxyl groups is 2. The number of carbonyl (C=O) groups excluding carboxylic acids is 2. The molecule has 0 aliphatic rings. The van der Waals surface area contributed by atoms with E-state index in [0.717, 1.165) is 0 Å². The second-order valence-electron chi connectivity index (χ2n) is 8.41. The van der Waals surface area contributed by atoms with Gasteiger partial charge < -0.3 is 25.4 Å². The van der Waals surface area contributed by atoms with Gasteiger partial charge >= 0.3 is 0 Å². The van der Waals surface area contributed by atoms with Crippen LogP contribution in [0.4, 0.5) is 10.1 Å². The molecule has 0 bridgehead atoms. The second kappa shape index (κ2) is 8.97. The maximum Gasteiger partial charge on any atom is 0.257 e. The zero-order valence-electron chi connectivity index (χ0n) is 18.3. The summed E-state index contributed by atoms with van der Waals surface area (Å²) in [6.07, 6.45) is -1.51. The number of halogens is 1. The highest BCUT2D eigenvalue weighted by Gasteiger charge is 2.31. The van der Waals surface area contributed by atoms with Gasteiger partial charge in [-0.1, -0.05) is 0 Å². The van der Waals surface area contributed by atoms with Crippen LogP contribution in [0.3, 0.4) is 0 Å². The zero-order valence-corrected chi connectivity index (χ0v) is 18.3. The van der Waals surface area contributed by atoms with E-state index in [1.54, 1.807) is 46.1 Å². The van der Waals surface area contributed by atoms with Gasteiger partial charge in [0.25, 0.3) is 11.8 Å². The summed E-state index contributed by atoms with van der Waals surface area (Å²) in [5.74, 6) is -1.41. The molecule has 164 valence electrons. The minimum Gasteiger partial charge on any atom is -0.395 e. The highest BCUT2D eigenvalue weighted by molar-refractivity contribution is 6.06. The molecule has 1 unspecified atom stereocenters. The Morgan fingerprint density at radius 3 is 2.37 bits per heavy atom. The summed E-state index contributed by atoms with van der Waals surface area (Å²) in [6, 6.07) is 4.25. The van der Waals surface area contributed by atoms with Crippen molar-refractivity contribution in [1.82, 2.24) is 9.88 Å². The van der Waals surface area contributed by atoms with Gasteiger partial charge in [-0.25, -0.2) is 4.39 Å². The molecule has 0 radical (unpaired) electrons. The van der Waals surface area contributed by atoms with Gasteiger partial charge in [0.1, 0.15) is 5.82 Å². The van der Waals surface area contributed by atoms with Crippen LogP contribution in [0.1, 0.15) is 59.7 Å². The lowest BCUT2D eigenvalue weighted by Gasteiger charge is -2.24. The average molecular weight is 419 g/mol. The molecular formula is C22H30FN3O4. The van der Waals surface area contributed by atoms with Gasteiger partial charge in [-0.3, -0.25) is 9.59 Å². The highest BCUT2D eigenvalue weighted by Crippen LogP contribution is 2.29. The van der Waals surface area contributed by atoms with Crippen molar-refractivity contribution >= 4 is 17.5 Å². The number of rotatable bonds is 6. The standard InChI is InChI=1S/C22H30FN3O4/c1-12-11-15(7-8-16(12)23)24-20(29)17-13(2)18(26(9-10-27)14(17)3)19(28)21(30)25-22(4,5)6/h7-8,11,19,27-28H,9-10H2,1-6H3,(H,24,29)(H,25,30).